The first-order valence-corrected chi connectivity index (χ1v) is 13.1. The number of benzene rings is 3. The third-order valence-corrected chi connectivity index (χ3v) is 6.98. The van der Waals surface area contributed by atoms with Crippen LogP contribution >= 0.6 is 0 Å². The highest BCUT2D eigenvalue weighted by Gasteiger charge is 2.26. The summed E-state index contributed by atoms with van der Waals surface area (Å²) in [6, 6.07) is 19.9. The summed E-state index contributed by atoms with van der Waals surface area (Å²) in [4.78, 5) is 0.0413. The van der Waals surface area contributed by atoms with Crippen LogP contribution in [0.3, 0.4) is 0 Å². The molecule has 0 saturated heterocycles. The lowest BCUT2D eigenvalue weighted by atomic mass is 10.2. The van der Waals surface area contributed by atoms with Gasteiger partial charge in [-0.3, -0.25) is 0 Å². The van der Waals surface area contributed by atoms with E-state index in [0.717, 1.165) is 11.8 Å². The van der Waals surface area contributed by atoms with Crippen molar-refractivity contribution in [1.29, 1.82) is 0 Å². The number of nitrogens with zero attached hydrogens (tertiary/aromatic N) is 1. The van der Waals surface area contributed by atoms with Crippen LogP contribution in [0.2, 0.25) is 0 Å². The maximum atomic E-state index is 13.6. The van der Waals surface area contributed by atoms with Crippen LogP contribution in [0.15, 0.2) is 77.7 Å². The van der Waals surface area contributed by atoms with Crippen molar-refractivity contribution in [3.63, 3.8) is 0 Å². The zero-order chi connectivity index (χ0) is 24.1. The van der Waals surface area contributed by atoms with E-state index in [-0.39, 0.29) is 23.7 Å². The highest BCUT2D eigenvalue weighted by Crippen LogP contribution is 2.32. The summed E-state index contributed by atoms with van der Waals surface area (Å²) in [5.41, 5.74) is 1.36. The number of sulfonamides is 1. The first-order valence-electron chi connectivity index (χ1n) is 9.87. The van der Waals surface area contributed by atoms with E-state index in [1.807, 2.05) is 30.3 Å². The first-order chi connectivity index (χ1) is 15.6. The summed E-state index contributed by atoms with van der Waals surface area (Å²) in [5.74, 6) is 0.816. The summed E-state index contributed by atoms with van der Waals surface area (Å²) < 4.78 is 66.9. The van der Waals surface area contributed by atoms with Gasteiger partial charge in [-0.2, -0.15) is 12.7 Å². The van der Waals surface area contributed by atoms with Gasteiger partial charge < -0.3 is 13.7 Å². The second-order valence-corrected chi connectivity index (χ2v) is 10.7. The normalized spacial score (nSPS) is 11.9. The summed E-state index contributed by atoms with van der Waals surface area (Å²) in [6.07, 6.45) is 0.947. The van der Waals surface area contributed by atoms with Crippen molar-refractivity contribution in [2.24, 2.45) is 0 Å². The van der Waals surface area contributed by atoms with E-state index in [1.54, 1.807) is 12.1 Å². The third kappa shape index (κ3) is 6.47. The van der Waals surface area contributed by atoms with Gasteiger partial charge in [-0.1, -0.05) is 42.5 Å². The second kappa shape index (κ2) is 10.2. The molecule has 0 N–H and O–H groups in total. The topological polar surface area (TPSA) is 99.2 Å². The van der Waals surface area contributed by atoms with Gasteiger partial charge in [0.05, 0.1) is 25.4 Å². The van der Waals surface area contributed by atoms with E-state index >= 15 is 0 Å². The van der Waals surface area contributed by atoms with Crippen molar-refractivity contribution < 1.29 is 30.5 Å². The van der Waals surface area contributed by atoms with Crippen molar-refractivity contribution in [3.8, 4) is 17.2 Å². The summed E-state index contributed by atoms with van der Waals surface area (Å²) >= 11 is 0. The van der Waals surface area contributed by atoms with Crippen LogP contribution in [0, 0.1) is 0 Å². The number of rotatable bonds is 10. The van der Waals surface area contributed by atoms with Crippen LogP contribution in [0.5, 0.6) is 17.2 Å². The van der Waals surface area contributed by atoms with E-state index in [4.69, 9.17) is 13.7 Å². The SMILES string of the molecule is COc1ccc(S(=O)(=O)N(Cc2ccccc2)Cc2cccc(OS(C)(=O)=O)c2)cc1OC. The monoisotopic (exact) mass is 491 g/mol. The van der Waals surface area contributed by atoms with Gasteiger partial charge >= 0.3 is 10.1 Å². The Hall–Kier alpha value is -3.08. The van der Waals surface area contributed by atoms with Crippen LogP contribution in [0.25, 0.3) is 0 Å². The van der Waals surface area contributed by atoms with Crippen molar-refractivity contribution in [2.75, 3.05) is 20.5 Å². The first kappa shape index (κ1) is 24.6. The molecule has 0 spiro atoms. The highest BCUT2D eigenvalue weighted by atomic mass is 32.2. The molecule has 8 nitrogen and oxygen atoms in total. The largest absolute Gasteiger partial charge is 0.493 e. The molecular formula is C23H25NO7S2. The smallest absolute Gasteiger partial charge is 0.306 e. The predicted octanol–water partition coefficient (Wildman–Crippen LogP) is 3.43. The van der Waals surface area contributed by atoms with Crippen molar-refractivity contribution in [3.05, 3.63) is 83.9 Å². The molecule has 0 aromatic heterocycles. The van der Waals surface area contributed by atoms with E-state index in [9.17, 15) is 16.8 Å². The molecule has 0 radical (unpaired) electrons. The van der Waals surface area contributed by atoms with E-state index in [2.05, 4.69) is 0 Å². The molecule has 0 aliphatic heterocycles. The molecule has 0 amide bonds. The average Bonchev–Trinajstić information content (AvgIpc) is 2.78. The molecule has 0 unspecified atom stereocenters. The van der Waals surface area contributed by atoms with Gasteiger partial charge in [0, 0.05) is 19.2 Å². The molecule has 0 aliphatic carbocycles. The number of methoxy groups -OCH3 is 2. The maximum Gasteiger partial charge on any atom is 0.306 e. The molecule has 10 heteroatoms. The molecule has 176 valence electrons. The summed E-state index contributed by atoms with van der Waals surface area (Å²) in [6.45, 7) is 0.0984. The molecule has 3 rings (SSSR count). The van der Waals surface area contributed by atoms with E-state index < -0.39 is 20.1 Å². The number of hydrogen-bond acceptors (Lipinski definition) is 7. The quantitative estimate of drug-likeness (QED) is 0.401. The minimum Gasteiger partial charge on any atom is -0.493 e. The van der Waals surface area contributed by atoms with Crippen LogP contribution in [-0.2, 0) is 33.2 Å². The Morgan fingerprint density at radius 3 is 2.00 bits per heavy atom. The van der Waals surface area contributed by atoms with Gasteiger partial charge in [-0.05, 0) is 35.4 Å². The fraction of sp³-hybridized carbons (Fsp3) is 0.217. The fourth-order valence-corrected chi connectivity index (χ4v) is 5.10. The van der Waals surface area contributed by atoms with Crippen LogP contribution in [-0.4, -0.2) is 41.6 Å². The molecule has 0 saturated carbocycles. The van der Waals surface area contributed by atoms with Gasteiger partial charge in [0.25, 0.3) is 0 Å². The third-order valence-electron chi connectivity index (χ3n) is 4.70. The Kier molecular flexibility index (Phi) is 7.62. The Labute approximate surface area is 194 Å². The standard InChI is InChI=1S/C23H25NO7S2/c1-29-22-13-12-21(15-23(22)30-2)33(27,28)24(16-18-8-5-4-6-9-18)17-19-10-7-11-20(14-19)31-32(3,25)26/h4-15H,16-17H2,1-3H3. The molecule has 33 heavy (non-hydrogen) atoms. The van der Waals surface area contributed by atoms with Crippen LogP contribution in [0.1, 0.15) is 11.1 Å². The molecule has 0 aliphatic rings. The van der Waals surface area contributed by atoms with E-state index in [0.29, 0.717) is 17.1 Å². The lowest BCUT2D eigenvalue weighted by molar-refractivity contribution is 0.353. The molecule has 0 heterocycles. The lowest BCUT2D eigenvalue weighted by Gasteiger charge is -2.23. The molecule has 0 fully saturated rings. The Morgan fingerprint density at radius 1 is 0.727 bits per heavy atom. The van der Waals surface area contributed by atoms with Crippen molar-refractivity contribution in [1.82, 2.24) is 4.31 Å². The Morgan fingerprint density at radius 2 is 1.36 bits per heavy atom. The molecule has 3 aromatic rings. The Balaban J connectivity index is 2.00. The van der Waals surface area contributed by atoms with Crippen LogP contribution < -0.4 is 13.7 Å². The van der Waals surface area contributed by atoms with Crippen molar-refractivity contribution in [2.45, 2.75) is 18.0 Å². The average molecular weight is 492 g/mol. The van der Waals surface area contributed by atoms with Gasteiger partial charge in [-0.15, -0.1) is 0 Å². The minimum atomic E-state index is -3.96. The number of ether oxygens (including phenoxy) is 2. The highest BCUT2D eigenvalue weighted by molar-refractivity contribution is 7.89. The second-order valence-electron chi connectivity index (χ2n) is 7.21. The zero-order valence-electron chi connectivity index (χ0n) is 18.5. The summed E-state index contributed by atoms with van der Waals surface area (Å²) in [5, 5.41) is 0. The number of hydrogen-bond donors (Lipinski definition) is 0. The zero-order valence-corrected chi connectivity index (χ0v) is 20.1. The maximum absolute atomic E-state index is 13.6. The van der Waals surface area contributed by atoms with Gasteiger partial charge in [0.1, 0.15) is 5.75 Å². The lowest BCUT2D eigenvalue weighted by Crippen LogP contribution is -2.30. The van der Waals surface area contributed by atoms with E-state index in [1.165, 1.54) is 48.9 Å². The Bertz CT molecular complexity index is 1310. The van der Waals surface area contributed by atoms with Gasteiger partial charge in [0.15, 0.2) is 11.5 Å². The van der Waals surface area contributed by atoms with Gasteiger partial charge in [0.2, 0.25) is 10.0 Å². The molecule has 3 aromatic carbocycles. The molecule has 0 atom stereocenters. The molecule has 0 bridgehead atoms. The fourth-order valence-electron chi connectivity index (χ4n) is 3.21. The molecular weight excluding hydrogens is 466 g/mol. The minimum absolute atomic E-state index is 0.00741. The van der Waals surface area contributed by atoms with Crippen LogP contribution in [0.4, 0.5) is 0 Å². The predicted molar refractivity (Wildman–Crippen MR) is 124 cm³/mol. The summed E-state index contributed by atoms with van der Waals surface area (Å²) in [7, 11) is -4.77. The van der Waals surface area contributed by atoms with Gasteiger partial charge in [-0.25, -0.2) is 8.42 Å². The van der Waals surface area contributed by atoms with Crippen molar-refractivity contribution >= 4 is 20.1 Å².